The van der Waals surface area contributed by atoms with Gasteiger partial charge in [0.05, 0.1) is 5.69 Å². The van der Waals surface area contributed by atoms with E-state index in [1.54, 1.807) is 0 Å². The predicted molar refractivity (Wildman–Crippen MR) is 85.9 cm³/mol. The van der Waals surface area contributed by atoms with Gasteiger partial charge in [0.2, 0.25) is 5.95 Å². The number of aromatic nitrogens is 2. The topological polar surface area (TPSA) is 33.1 Å². The maximum atomic E-state index is 4.90. The number of hydrogen-bond donors (Lipinski definition) is 1. The minimum absolute atomic E-state index is 0.675. The summed E-state index contributed by atoms with van der Waals surface area (Å²) in [5.74, 6) is 1.24. The third-order valence-corrected chi connectivity index (χ3v) is 5.61. The lowest BCUT2D eigenvalue weighted by Crippen LogP contribution is -2.37. The number of aryl methyl sites for hydroxylation is 1. The lowest BCUT2D eigenvalue weighted by atomic mass is 9.95. The molecule has 1 saturated carbocycles. The molecule has 3 fully saturated rings. The molecule has 1 aromatic heterocycles. The second-order valence-electron chi connectivity index (χ2n) is 7.25. The molecule has 4 nitrogen and oxygen atoms in total. The van der Waals surface area contributed by atoms with Crippen LogP contribution in [0, 0.1) is 6.92 Å². The molecule has 1 aliphatic carbocycles. The number of nitrogens with one attached hydrogen (secondary N) is 1. The summed E-state index contributed by atoms with van der Waals surface area (Å²) in [7, 11) is 0. The van der Waals surface area contributed by atoms with Crippen molar-refractivity contribution < 1.29 is 0 Å². The fourth-order valence-corrected chi connectivity index (χ4v) is 4.49. The standard InChI is InChI=1S/C17H28N4/c1-13-11-21(16-5-3-2-4-6-16)17(18-13)20-10-9-14-7-8-15(12-20)19-14/h11,14-16,19H,2-10,12H2,1H3. The first kappa shape index (κ1) is 13.6. The molecule has 3 aliphatic rings. The highest BCUT2D eigenvalue weighted by atomic mass is 15.3. The summed E-state index contributed by atoms with van der Waals surface area (Å²) in [4.78, 5) is 7.45. The van der Waals surface area contributed by atoms with Crippen molar-refractivity contribution in [2.24, 2.45) is 0 Å². The van der Waals surface area contributed by atoms with E-state index in [1.165, 1.54) is 63.0 Å². The summed E-state index contributed by atoms with van der Waals surface area (Å²) in [6.07, 6.45) is 13.1. The van der Waals surface area contributed by atoms with Crippen LogP contribution >= 0.6 is 0 Å². The fraction of sp³-hybridized carbons (Fsp3) is 0.824. The number of fused-ring (bicyclic) bond motifs is 2. The van der Waals surface area contributed by atoms with Gasteiger partial charge in [0.1, 0.15) is 0 Å². The molecule has 4 rings (SSSR count). The zero-order chi connectivity index (χ0) is 14.2. The van der Waals surface area contributed by atoms with Crippen LogP contribution in [0.2, 0.25) is 0 Å². The molecule has 1 aromatic rings. The van der Waals surface area contributed by atoms with Gasteiger partial charge in [-0.3, -0.25) is 0 Å². The molecule has 0 radical (unpaired) electrons. The second kappa shape index (κ2) is 5.64. The Labute approximate surface area is 127 Å². The van der Waals surface area contributed by atoms with Crippen LogP contribution in [0.3, 0.4) is 0 Å². The Morgan fingerprint density at radius 2 is 1.86 bits per heavy atom. The Bertz CT molecular complexity index is 489. The van der Waals surface area contributed by atoms with Gasteiger partial charge in [-0.1, -0.05) is 19.3 Å². The summed E-state index contributed by atoms with van der Waals surface area (Å²) in [5, 5.41) is 3.78. The van der Waals surface area contributed by atoms with E-state index in [0.29, 0.717) is 12.1 Å². The Hall–Kier alpha value is -1.03. The summed E-state index contributed by atoms with van der Waals surface area (Å²) < 4.78 is 2.51. The average molecular weight is 288 g/mol. The van der Waals surface area contributed by atoms with Crippen LogP contribution in [0.25, 0.3) is 0 Å². The van der Waals surface area contributed by atoms with Crippen molar-refractivity contribution in [1.82, 2.24) is 14.9 Å². The molecule has 0 aromatic carbocycles. The quantitative estimate of drug-likeness (QED) is 0.908. The van der Waals surface area contributed by atoms with Crippen LogP contribution in [0.15, 0.2) is 6.20 Å². The van der Waals surface area contributed by atoms with Crippen LogP contribution < -0.4 is 10.2 Å². The van der Waals surface area contributed by atoms with Crippen molar-refractivity contribution in [2.75, 3.05) is 18.0 Å². The minimum Gasteiger partial charge on any atom is -0.341 e. The van der Waals surface area contributed by atoms with Crippen LogP contribution in [-0.4, -0.2) is 34.7 Å². The van der Waals surface area contributed by atoms with Crippen molar-refractivity contribution >= 4 is 5.95 Å². The van der Waals surface area contributed by atoms with Crippen molar-refractivity contribution in [3.63, 3.8) is 0 Å². The van der Waals surface area contributed by atoms with Gasteiger partial charge in [-0.25, -0.2) is 4.98 Å². The molecule has 2 unspecified atom stereocenters. The lowest BCUT2D eigenvalue weighted by Gasteiger charge is -2.30. The number of imidazole rings is 1. The molecule has 2 bridgehead atoms. The first-order chi connectivity index (χ1) is 10.3. The van der Waals surface area contributed by atoms with Gasteiger partial charge in [-0.15, -0.1) is 0 Å². The molecular weight excluding hydrogens is 260 g/mol. The highest BCUT2D eigenvalue weighted by molar-refractivity contribution is 5.35. The highest BCUT2D eigenvalue weighted by Crippen LogP contribution is 2.33. The zero-order valence-corrected chi connectivity index (χ0v) is 13.2. The first-order valence-corrected chi connectivity index (χ1v) is 8.86. The molecular formula is C17H28N4. The van der Waals surface area contributed by atoms with E-state index in [2.05, 4.69) is 27.9 Å². The average Bonchev–Trinajstić information content (AvgIpc) is 3.03. The number of hydrogen-bond acceptors (Lipinski definition) is 3. The van der Waals surface area contributed by atoms with Gasteiger partial charge in [-0.05, 0) is 39.0 Å². The molecule has 2 atom stereocenters. The Morgan fingerprint density at radius 1 is 1.05 bits per heavy atom. The smallest absolute Gasteiger partial charge is 0.206 e. The first-order valence-electron chi connectivity index (χ1n) is 8.86. The Balaban J connectivity index is 1.58. The summed E-state index contributed by atoms with van der Waals surface area (Å²) in [6.45, 7) is 4.45. The monoisotopic (exact) mass is 288 g/mol. The van der Waals surface area contributed by atoms with E-state index in [0.717, 1.165) is 19.1 Å². The maximum Gasteiger partial charge on any atom is 0.206 e. The van der Waals surface area contributed by atoms with Crippen molar-refractivity contribution in [3.05, 3.63) is 11.9 Å². The summed E-state index contributed by atoms with van der Waals surface area (Å²) >= 11 is 0. The van der Waals surface area contributed by atoms with E-state index < -0.39 is 0 Å². The van der Waals surface area contributed by atoms with Gasteiger partial charge >= 0.3 is 0 Å². The second-order valence-corrected chi connectivity index (χ2v) is 7.25. The lowest BCUT2D eigenvalue weighted by molar-refractivity contribution is 0.352. The van der Waals surface area contributed by atoms with Crippen molar-refractivity contribution in [1.29, 1.82) is 0 Å². The molecule has 0 amide bonds. The van der Waals surface area contributed by atoms with E-state index in [1.807, 2.05) is 0 Å². The minimum atomic E-state index is 0.675. The maximum absolute atomic E-state index is 4.90. The predicted octanol–water partition coefficient (Wildman–Crippen LogP) is 3.03. The van der Waals surface area contributed by atoms with Crippen LogP contribution in [0.1, 0.15) is 63.1 Å². The molecule has 2 saturated heterocycles. The van der Waals surface area contributed by atoms with Crippen molar-refractivity contribution in [3.8, 4) is 0 Å². The van der Waals surface area contributed by atoms with Gasteiger partial charge in [0.15, 0.2) is 0 Å². The van der Waals surface area contributed by atoms with Gasteiger partial charge in [0.25, 0.3) is 0 Å². The third-order valence-electron chi connectivity index (χ3n) is 5.61. The molecule has 1 N–H and O–H groups in total. The summed E-state index contributed by atoms with van der Waals surface area (Å²) in [5.41, 5.74) is 1.18. The number of rotatable bonds is 2. The van der Waals surface area contributed by atoms with E-state index in [4.69, 9.17) is 4.98 Å². The molecule has 4 heteroatoms. The van der Waals surface area contributed by atoms with Crippen LogP contribution in [0.5, 0.6) is 0 Å². The highest BCUT2D eigenvalue weighted by Gasteiger charge is 2.31. The molecule has 2 aliphatic heterocycles. The number of nitrogens with zero attached hydrogens (tertiary/aromatic N) is 3. The molecule has 3 heterocycles. The van der Waals surface area contributed by atoms with Gasteiger partial charge < -0.3 is 14.8 Å². The van der Waals surface area contributed by atoms with Gasteiger partial charge in [0, 0.05) is 37.4 Å². The molecule has 21 heavy (non-hydrogen) atoms. The Morgan fingerprint density at radius 3 is 2.71 bits per heavy atom. The SMILES string of the molecule is Cc1cn(C2CCCCC2)c(N2CCC3CCC(C2)N3)n1. The zero-order valence-electron chi connectivity index (χ0n) is 13.2. The van der Waals surface area contributed by atoms with Crippen LogP contribution in [-0.2, 0) is 0 Å². The Kier molecular flexibility index (Phi) is 3.66. The third kappa shape index (κ3) is 2.70. The fourth-order valence-electron chi connectivity index (χ4n) is 4.49. The van der Waals surface area contributed by atoms with Gasteiger partial charge in [-0.2, -0.15) is 0 Å². The van der Waals surface area contributed by atoms with Crippen LogP contribution in [0.4, 0.5) is 5.95 Å². The van der Waals surface area contributed by atoms with E-state index >= 15 is 0 Å². The van der Waals surface area contributed by atoms with E-state index in [-0.39, 0.29) is 0 Å². The summed E-state index contributed by atoms with van der Waals surface area (Å²) in [6, 6.07) is 2.11. The normalized spacial score (nSPS) is 30.6. The molecule has 116 valence electrons. The van der Waals surface area contributed by atoms with Crippen molar-refractivity contribution in [2.45, 2.75) is 76.4 Å². The molecule has 0 spiro atoms. The largest absolute Gasteiger partial charge is 0.341 e. The number of anilines is 1. The van der Waals surface area contributed by atoms with E-state index in [9.17, 15) is 0 Å².